The van der Waals surface area contributed by atoms with Gasteiger partial charge >= 0.3 is 0 Å². The van der Waals surface area contributed by atoms with Crippen molar-refractivity contribution in [2.24, 2.45) is 0 Å². The van der Waals surface area contributed by atoms with E-state index in [1.165, 1.54) is 12.1 Å². The largest absolute Gasteiger partial charge is 0.399 e. The number of hydrogen-bond donors (Lipinski definition) is 2. The molecule has 0 fully saturated rings. The minimum absolute atomic E-state index is 0.0310. The number of hydrogen-bond acceptors (Lipinski definition) is 4. The van der Waals surface area contributed by atoms with Gasteiger partial charge in [0.05, 0.1) is 5.02 Å². The highest BCUT2D eigenvalue weighted by Crippen LogP contribution is 2.23. The highest BCUT2D eigenvalue weighted by molar-refractivity contribution is 7.89. The van der Waals surface area contributed by atoms with E-state index in [0.29, 0.717) is 18.3 Å². The maximum absolute atomic E-state index is 12.1. The quantitative estimate of drug-likeness (QED) is 0.565. The van der Waals surface area contributed by atoms with Gasteiger partial charge < -0.3 is 10.6 Å². The van der Waals surface area contributed by atoms with Gasteiger partial charge in [-0.25, -0.2) is 13.1 Å². The lowest BCUT2D eigenvalue weighted by Gasteiger charge is -2.20. The predicted octanol–water partition coefficient (Wildman–Crippen LogP) is 2.32. The summed E-state index contributed by atoms with van der Waals surface area (Å²) in [5, 5.41) is 0.177. The van der Waals surface area contributed by atoms with Crippen molar-refractivity contribution in [3.8, 4) is 0 Å². The van der Waals surface area contributed by atoms with Gasteiger partial charge in [-0.3, -0.25) is 0 Å². The highest BCUT2D eigenvalue weighted by Gasteiger charge is 2.17. The Morgan fingerprint density at radius 3 is 2.62 bits per heavy atom. The number of rotatable bonds is 8. The van der Waals surface area contributed by atoms with Gasteiger partial charge in [0, 0.05) is 18.3 Å². The van der Waals surface area contributed by atoms with Crippen molar-refractivity contribution in [3.63, 3.8) is 0 Å². The molecule has 0 aromatic heterocycles. The molecule has 0 radical (unpaired) electrons. The van der Waals surface area contributed by atoms with Crippen LogP contribution in [-0.2, 0) is 10.0 Å². The van der Waals surface area contributed by atoms with Crippen LogP contribution < -0.4 is 10.5 Å². The fourth-order valence-electron chi connectivity index (χ4n) is 1.75. The molecule has 0 unspecified atom stereocenters. The van der Waals surface area contributed by atoms with Crippen molar-refractivity contribution in [1.29, 1.82) is 0 Å². The molecule has 21 heavy (non-hydrogen) atoms. The molecular formula is C14H24ClN3O2S. The second-order valence-corrected chi connectivity index (χ2v) is 7.51. The molecule has 0 saturated heterocycles. The summed E-state index contributed by atoms with van der Waals surface area (Å²) < 4.78 is 26.9. The predicted molar refractivity (Wildman–Crippen MR) is 88.1 cm³/mol. The number of sulfonamides is 1. The Morgan fingerprint density at radius 2 is 2.00 bits per heavy atom. The summed E-state index contributed by atoms with van der Waals surface area (Å²) in [5.74, 6) is 0. The first-order chi connectivity index (χ1) is 9.74. The van der Waals surface area contributed by atoms with Gasteiger partial charge in [0.25, 0.3) is 0 Å². The Kier molecular flexibility index (Phi) is 6.93. The van der Waals surface area contributed by atoms with E-state index in [0.717, 1.165) is 19.4 Å². The Balaban J connectivity index is 2.49. The lowest BCUT2D eigenvalue weighted by Crippen LogP contribution is -2.29. The summed E-state index contributed by atoms with van der Waals surface area (Å²) in [4.78, 5) is 2.26. The second kappa shape index (κ2) is 7.98. The molecule has 0 bridgehead atoms. The summed E-state index contributed by atoms with van der Waals surface area (Å²) in [6, 6.07) is 4.93. The van der Waals surface area contributed by atoms with Crippen LogP contribution in [0.4, 0.5) is 5.69 Å². The molecule has 0 saturated carbocycles. The third kappa shape index (κ3) is 5.82. The van der Waals surface area contributed by atoms with Crippen LogP contribution in [0.3, 0.4) is 0 Å². The third-order valence-corrected chi connectivity index (χ3v) is 5.30. The monoisotopic (exact) mass is 333 g/mol. The van der Waals surface area contributed by atoms with E-state index >= 15 is 0 Å². The molecule has 120 valence electrons. The third-order valence-electron chi connectivity index (χ3n) is 3.36. The smallest absolute Gasteiger partial charge is 0.242 e. The molecule has 1 aromatic rings. The van der Waals surface area contributed by atoms with Gasteiger partial charge in [0.2, 0.25) is 10.0 Å². The molecule has 0 aliphatic rings. The van der Waals surface area contributed by atoms with Crippen LogP contribution in [-0.4, -0.2) is 39.5 Å². The average Bonchev–Trinajstić information content (AvgIpc) is 2.40. The molecule has 0 aliphatic carbocycles. The van der Waals surface area contributed by atoms with Crippen LogP contribution in [0.5, 0.6) is 0 Å². The normalized spacial score (nSPS) is 12.3. The van der Waals surface area contributed by atoms with Gasteiger partial charge in [-0.2, -0.15) is 0 Å². The number of nitrogens with two attached hydrogens (primary N) is 1. The van der Waals surface area contributed by atoms with Crippen molar-refractivity contribution in [2.75, 3.05) is 25.9 Å². The molecule has 0 spiro atoms. The van der Waals surface area contributed by atoms with Crippen LogP contribution in [0.25, 0.3) is 0 Å². The minimum Gasteiger partial charge on any atom is -0.399 e. The molecule has 0 amide bonds. The highest BCUT2D eigenvalue weighted by atomic mass is 35.5. The van der Waals surface area contributed by atoms with Crippen molar-refractivity contribution in [1.82, 2.24) is 9.62 Å². The number of nitrogen functional groups attached to an aromatic ring is 1. The zero-order chi connectivity index (χ0) is 16.0. The molecule has 0 atom stereocenters. The average molecular weight is 334 g/mol. The zero-order valence-corrected chi connectivity index (χ0v) is 14.3. The fourth-order valence-corrected chi connectivity index (χ4v) is 3.36. The van der Waals surface area contributed by atoms with Crippen molar-refractivity contribution in [3.05, 3.63) is 23.2 Å². The maximum Gasteiger partial charge on any atom is 0.242 e. The van der Waals surface area contributed by atoms with Crippen molar-refractivity contribution in [2.45, 2.75) is 37.6 Å². The molecular weight excluding hydrogens is 310 g/mol. The topological polar surface area (TPSA) is 75.4 Å². The Hall–Kier alpha value is -0.820. The standard InChI is InChI=1S/C14H24ClN3O2S/c1-11(2)18(3)9-5-4-8-17-21(19,20)14-10-12(16)6-7-13(14)15/h6-7,10-11,17H,4-5,8-9,16H2,1-3H3. The summed E-state index contributed by atoms with van der Waals surface area (Å²) in [5.41, 5.74) is 5.98. The van der Waals surface area contributed by atoms with Gasteiger partial charge in [-0.1, -0.05) is 11.6 Å². The van der Waals surface area contributed by atoms with Crippen LogP contribution in [0.15, 0.2) is 23.1 Å². The number of nitrogens with one attached hydrogen (secondary N) is 1. The summed E-state index contributed by atoms with van der Waals surface area (Å²) in [6.07, 6.45) is 1.71. The Labute approximate surface area is 132 Å². The molecule has 1 rings (SSSR count). The number of nitrogens with zero attached hydrogens (tertiary/aromatic N) is 1. The molecule has 3 N–H and O–H groups in total. The van der Waals surface area contributed by atoms with Gasteiger partial charge in [0.1, 0.15) is 4.90 Å². The van der Waals surface area contributed by atoms with E-state index in [9.17, 15) is 8.42 Å². The van der Waals surface area contributed by atoms with E-state index in [-0.39, 0.29) is 9.92 Å². The van der Waals surface area contributed by atoms with E-state index < -0.39 is 10.0 Å². The molecule has 0 aliphatic heterocycles. The Morgan fingerprint density at radius 1 is 1.33 bits per heavy atom. The van der Waals surface area contributed by atoms with Crippen LogP contribution in [0, 0.1) is 0 Å². The minimum atomic E-state index is -3.61. The van der Waals surface area contributed by atoms with Gasteiger partial charge in [-0.05, 0) is 58.5 Å². The van der Waals surface area contributed by atoms with E-state index in [1.807, 2.05) is 0 Å². The molecule has 0 heterocycles. The summed E-state index contributed by atoms with van der Waals surface area (Å²) in [7, 11) is -1.55. The fraction of sp³-hybridized carbons (Fsp3) is 0.571. The second-order valence-electron chi connectivity index (χ2n) is 5.37. The van der Waals surface area contributed by atoms with Gasteiger partial charge in [-0.15, -0.1) is 0 Å². The SMILES string of the molecule is CC(C)N(C)CCCCNS(=O)(=O)c1cc(N)ccc1Cl. The van der Waals surface area contributed by atoms with Crippen molar-refractivity contribution >= 4 is 27.3 Å². The number of benzene rings is 1. The first-order valence-electron chi connectivity index (χ1n) is 6.99. The number of anilines is 1. The van der Waals surface area contributed by atoms with Crippen LogP contribution in [0.2, 0.25) is 5.02 Å². The molecule has 7 heteroatoms. The van der Waals surface area contributed by atoms with Gasteiger partial charge in [0.15, 0.2) is 0 Å². The van der Waals surface area contributed by atoms with E-state index in [2.05, 4.69) is 30.5 Å². The Bertz CT molecular complexity index is 561. The first-order valence-corrected chi connectivity index (χ1v) is 8.85. The lowest BCUT2D eigenvalue weighted by atomic mass is 10.2. The molecule has 5 nitrogen and oxygen atoms in total. The lowest BCUT2D eigenvalue weighted by molar-refractivity contribution is 0.268. The van der Waals surface area contributed by atoms with E-state index in [4.69, 9.17) is 17.3 Å². The van der Waals surface area contributed by atoms with Crippen LogP contribution in [0.1, 0.15) is 26.7 Å². The van der Waals surface area contributed by atoms with Crippen LogP contribution >= 0.6 is 11.6 Å². The first kappa shape index (κ1) is 18.2. The summed E-state index contributed by atoms with van der Waals surface area (Å²) in [6.45, 7) is 5.59. The zero-order valence-electron chi connectivity index (χ0n) is 12.8. The van der Waals surface area contributed by atoms with Crippen molar-refractivity contribution < 1.29 is 8.42 Å². The summed E-state index contributed by atoms with van der Waals surface area (Å²) >= 11 is 5.92. The molecule has 1 aromatic carbocycles. The maximum atomic E-state index is 12.1. The number of halogens is 1. The van der Waals surface area contributed by atoms with E-state index in [1.54, 1.807) is 6.07 Å². The number of unbranched alkanes of at least 4 members (excludes halogenated alkanes) is 1.